The third-order valence-electron chi connectivity index (χ3n) is 3.49. The molecule has 1 aliphatic rings. The van der Waals surface area contributed by atoms with Crippen molar-refractivity contribution in [2.45, 2.75) is 32.6 Å². The highest BCUT2D eigenvalue weighted by Crippen LogP contribution is 2.25. The standard InChI is InChI=1S/C15H21ClN2O/c1-12-11-13(18-9-2-3-10-18)6-7-14(12)17-15(19)5-4-8-16/h6-7,11H,2-5,8-10H2,1H3,(H,17,19). The topological polar surface area (TPSA) is 32.3 Å². The summed E-state index contributed by atoms with van der Waals surface area (Å²) in [5.41, 5.74) is 3.28. The lowest BCUT2D eigenvalue weighted by Gasteiger charge is -2.19. The van der Waals surface area contributed by atoms with Crippen LogP contribution in [-0.2, 0) is 4.79 Å². The van der Waals surface area contributed by atoms with Gasteiger partial charge in [0.05, 0.1) is 0 Å². The van der Waals surface area contributed by atoms with E-state index in [2.05, 4.69) is 22.3 Å². The molecular weight excluding hydrogens is 260 g/mol. The number of hydrogen-bond donors (Lipinski definition) is 1. The molecule has 1 heterocycles. The molecule has 0 spiro atoms. The average molecular weight is 281 g/mol. The molecular formula is C15H21ClN2O. The summed E-state index contributed by atoms with van der Waals surface area (Å²) in [5.74, 6) is 0.568. The second-order valence-electron chi connectivity index (χ2n) is 5.03. The fourth-order valence-electron chi connectivity index (χ4n) is 2.40. The predicted octanol–water partition coefficient (Wildman–Crippen LogP) is 3.55. The van der Waals surface area contributed by atoms with Gasteiger partial charge >= 0.3 is 0 Å². The van der Waals surface area contributed by atoms with E-state index < -0.39 is 0 Å². The fourth-order valence-corrected chi connectivity index (χ4v) is 2.53. The largest absolute Gasteiger partial charge is 0.372 e. The van der Waals surface area contributed by atoms with Crippen LogP contribution in [0.15, 0.2) is 18.2 Å². The lowest BCUT2D eigenvalue weighted by atomic mass is 10.1. The van der Waals surface area contributed by atoms with E-state index in [1.165, 1.54) is 18.5 Å². The molecule has 1 aromatic rings. The van der Waals surface area contributed by atoms with E-state index in [0.29, 0.717) is 12.3 Å². The minimum atomic E-state index is 0.0395. The molecule has 1 amide bonds. The predicted molar refractivity (Wildman–Crippen MR) is 81.2 cm³/mol. The molecule has 0 bridgehead atoms. The summed E-state index contributed by atoms with van der Waals surface area (Å²) < 4.78 is 0. The van der Waals surface area contributed by atoms with Gasteiger partial charge in [-0.1, -0.05) is 0 Å². The number of nitrogens with zero attached hydrogens (tertiary/aromatic N) is 1. The van der Waals surface area contributed by atoms with Crippen molar-refractivity contribution in [3.63, 3.8) is 0 Å². The van der Waals surface area contributed by atoms with Gasteiger partial charge in [-0.15, -0.1) is 11.6 Å². The zero-order valence-electron chi connectivity index (χ0n) is 11.4. The monoisotopic (exact) mass is 280 g/mol. The second kappa shape index (κ2) is 6.80. The third-order valence-corrected chi connectivity index (χ3v) is 3.76. The second-order valence-corrected chi connectivity index (χ2v) is 5.41. The van der Waals surface area contributed by atoms with Crippen molar-refractivity contribution in [2.75, 3.05) is 29.2 Å². The Morgan fingerprint density at radius 3 is 2.74 bits per heavy atom. The number of hydrogen-bond acceptors (Lipinski definition) is 2. The molecule has 0 atom stereocenters. The Morgan fingerprint density at radius 2 is 2.11 bits per heavy atom. The normalized spacial score (nSPS) is 14.7. The highest BCUT2D eigenvalue weighted by atomic mass is 35.5. The van der Waals surface area contributed by atoms with E-state index in [-0.39, 0.29) is 5.91 Å². The Kier molecular flexibility index (Phi) is 5.08. The first-order valence-electron chi connectivity index (χ1n) is 6.92. The van der Waals surface area contributed by atoms with Crippen LogP contribution in [0.3, 0.4) is 0 Å². The van der Waals surface area contributed by atoms with Crippen LogP contribution < -0.4 is 10.2 Å². The van der Waals surface area contributed by atoms with Crippen LogP contribution in [-0.4, -0.2) is 24.9 Å². The summed E-state index contributed by atoms with van der Waals surface area (Å²) in [6.07, 6.45) is 3.75. The molecule has 104 valence electrons. The average Bonchev–Trinajstić information content (AvgIpc) is 2.92. The van der Waals surface area contributed by atoms with E-state index in [9.17, 15) is 4.79 Å². The first-order chi connectivity index (χ1) is 9.20. The molecule has 0 aliphatic carbocycles. The first kappa shape index (κ1) is 14.2. The number of alkyl halides is 1. The fraction of sp³-hybridized carbons (Fsp3) is 0.533. The molecule has 1 aliphatic heterocycles. The SMILES string of the molecule is Cc1cc(N2CCCC2)ccc1NC(=O)CCCCl. The van der Waals surface area contributed by atoms with Crippen LogP contribution in [0.4, 0.5) is 11.4 Å². The number of aryl methyl sites for hydroxylation is 1. The summed E-state index contributed by atoms with van der Waals surface area (Å²) >= 11 is 5.59. The zero-order valence-corrected chi connectivity index (χ0v) is 12.2. The maximum Gasteiger partial charge on any atom is 0.224 e. The lowest BCUT2D eigenvalue weighted by molar-refractivity contribution is -0.116. The molecule has 0 radical (unpaired) electrons. The van der Waals surface area contributed by atoms with Crippen LogP contribution in [0.25, 0.3) is 0 Å². The Bertz CT molecular complexity index is 442. The summed E-state index contributed by atoms with van der Waals surface area (Å²) in [4.78, 5) is 14.1. The number of halogens is 1. The lowest BCUT2D eigenvalue weighted by Crippen LogP contribution is -2.18. The van der Waals surface area contributed by atoms with Crippen LogP contribution in [0.5, 0.6) is 0 Å². The Labute approximate surface area is 119 Å². The van der Waals surface area contributed by atoms with Crippen molar-refractivity contribution in [3.05, 3.63) is 23.8 Å². The summed E-state index contributed by atoms with van der Waals surface area (Å²) in [7, 11) is 0. The van der Waals surface area contributed by atoms with Crippen LogP contribution >= 0.6 is 11.6 Å². The molecule has 1 fully saturated rings. The zero-order chi connectivity index (χ0) is 13.7. The van der Waals surface area contributed by atoms with Crippen LogP contribution in [0, 0.1) is 6.92 Å². The van der Waals surface area contributed by atoms with Crippen LogP contribution in [0.2, 0.25) is 0 Å². The number of benzene rings is 1. The smallest absolute Gasteiger partial charge is 0.224 e. The van der Waals surface area contributed by atoms with Crippen molar-refractivity contribution in [1.29, 1.82) is 0 Å². The molecule has 3 nitrogen and oxygen atoms in total. The first-order valence-corrected chi connectivity index (χ1v) is 7.45. The van der Waals surface area contributed by atoms with Gasteiger partial charge < -0.3 is 10.2 Å². The molecule has 1 saturated heterocycles. The van der Waals surface area contributed by atoms with E-state index >= 15 is 0 Å². The summed E-state index contributed by atoms with van der Waals surface area (Å²) in [6.45, 7) is 4.32. The van der Waals surface area contributed by atoms with E-state index in [0.717, 1.165) is 30.8 Å². The Balaban J connectivity index is 2.00. The summed E-state index contributed by atoms with van der Waals surface area (Å²) in [5, 5.41) is 2.95. The molecule has 2 rings (SSSR count). The number of anilines is 2. The molecule has 19 heavy (non-hydrogen) atoms. The highest BCUT2D eigenvalue weighted by molar-refractivity contribution is 6.18. The van der Waals surface area contributed by atoms with Gasteiger partial charge in [0, 0.05) is 36.8 Å². The molecule has 1 aromatic carbocycles. The van der Waals surface area contributed by atoms with Gasteiger partial charge in [0.15, 0.2) is 0 Å². The van der Waals surface area contributed by atoms with Crippen molar-refractivity contribution in [1.82, 2.24) is 0 Å². The maximum absolute atomic E-state index is 11.7. The minimum Gasteiger partial charge on any atom is -0.372 e. The molecule has 0 saturated carbocycles. The van der Waals surface area contributed by atoms with E-state index in [1.807, 2.05) is 13.0 Å². The minimum absolute atomic E-state index is 0.0395. The van der Waals surface area contributed by atoms with Crippen molar-refractivity contribution in [3.8, 4) is 0 Å². The summed E-state index contributed by atoms with van der Waals surface area (Å²) in [6, 6.07) is 6.25. The van der Waals surface area contributed by atoms with Crippen molar-refractivity contribution in [2.24, 2.45) is 0 Å². The van der Waals surface area contributed by atoms with Gasteiger partial charge in [-0.3, -0.25) is 4.79 Å². The number of carbonyl (C=O) groups is 1. The van der Waals surface area contributed by atoms with E-state index in [1.54, 1.807) is 0 Å². The van der Waals surface area contributed by atoms with Gasteiger partial charge in [-0.2, -0.15) is 0 Å². The number of nitrogens with one attached hydrogen (secondary N) is 1. The maximum atomic E-state index is 11.7. The van der Waals surface area contributed by atoms with Gasteiger partial charge in [0.2, 0.25) is 5.91 Å². The number of amides is 1. The highest BCUT2D eigenvalue weighted by Gasteiger charge is 2.13. The molecule has 0 unspecified atom stereocenters. The van der Waals surface area contributed by atoms with Crippen LogP contribution in [0.1, 0.15) is 31.2 Å². The molecule has 0 aromatic heterocycles. The van der Waals surface area contributed by atoms with Gasteiger partial charge in [0.1, 0.15) is 0 Å². The van der Waals surface area contributed by atoms with Crippen molar-refractivity contribution >= 4 is 28.9 Å². The van der Waals surface area contributed by atoms with Gasteiger partial charge in [-0.05, 0) is 49.9 Å². The van der Waals surface area contributed by atoms with Gasteiger partial charge in [0.25, 0.3) is 0 Å². The molecule has 1 N–H and O–H groups in total. The molecule has 4 heteroatoms. The number of carbonyl (C=O) groups excluding carboxylic acids is 1. The van der Waals surface area contributed by atoms with E-state index in [4.69, 9.17) is 11.6 Å². The van der Waals surface area contributed by atoms with Gasteiger partial charge in [-0.25, -0.2) is 0 Å². The van der Waals surface area contributed by atoms with Crippen molar-refractivity contribution < 1.29 is 4.79 Å². The Hall–Kier alpha value is -1.22. The Morgan fingerprint density at radius 1 is 1.37 bits per heavy atom. The third kappa shape index (κ3) is 3.87. The number of rotatable bonds is 5. The quantitative estimate of drug-likeness (QED) is 0.837.